The van der Waals surface area contributed by atoms with Crippen LogP contribution in [0.1, 0.15) is 18.4 Å². The maximum absolute atomic E-state index is 13.5. The van der Waals surface area contributed by atoms with Crippen molar-refractivity contribution in [3.8, 4) is 0 Å². The molecule has 1 aromatic carbocycles. The van der Waals surface area contributed by atoms with Gasteiger partial charge >= 0.3 is 5.97 Å². The van der Waals surface area contributed by atoms with Gasteiger partial charge in [-0.2, -0.15) is 0 Å². The number of ether oxygens (including phenoxy) is 1. The Balaban J connectivity index is 1.89. The molecule has 22 heavy (non-hydrogen) atoms. The van der Waals surface area contributed by atoms with E-state index in [1.54, 1.807) is 0 Å². The number of halogens is 2. The fraction of sp³-hybridized carbons (Fsp3) is 0.467. The lowest BCUT2D eigenvalue weighted by atomic mass is 10.1. The number of rotatable bonds is 5. The van der Waals surface area contributed by atoms with Crippen LogP contribution in [-0.4, -0.2) is 47.7 Å². The topological polar surface area (TPSA) is 66.8 Å². The number of hydrogen-bond donors (Lipinski definition) is 1. The number of hydrogen-bond acceptors (Lipinski definition) is 3. The molecule has 2 rings (SSSR count). The average molecular weight is 313 g/mol. The van der Waals surface area contributed by atoms with Gasteiger partial charge in [0.05, 0.1) is 19.1 Å². The Bertz CT molecular complexity index is 564. The molecule has 0 spiro atoms. The van der Waals surface area contributed by atoms with Gasteiger partial charge in [0.1, 0.15) is 11.6 Å². The van der Waals surface area contributed by atoms with Crippen molar-refractivity contribution in [2.24, 2.45) is 0 Å². The van der Waals surface area contributed by atoms with Crippen LogP contribution in [0, 0.1) is 11.6 Å². The molecule has 1 heterocycles. The summed E-state index contributed by atoms with van der Waals surface area (Å²) < 4.78 is 31.8. The number of aliphatic carboxylic acids is 1. The van der Waals surface area contributed by atoms with Crippen LogP contribution in [-0.2, 0) is 20.7 Å². The zero-order valence-corrected chi connectivity index (χ0v) is 11.9. The number of aryl methyl sites for hydroxylation is 1. The highest BCUT2D eigenvalue weighted by Gasteiger charge is 2.25. The lowest BCUT2D eigenvalue weighted by Gasteiger charge is -2.32. The van der Waals surface area contributed by atoms with Crippen LogP contribution in [0.3, 0.4) is 0 Å². The van der Waals surface area contributed by atoms with Crippen molar-refractivity contribution in [2.75, 3.05) is 19.7 Å². The molecule has 1 N–H and O–H groups in total. The van der Waals surface area contributed by atoms with Gasteiger partial charge in [-0.15, -0.1) is 0 Å². The number of carboxylic acids is 1. The van der Waals surface area contributed by atoms with Crippen LogP contribution in [0.15, 0.2) is 18.2 Å². The largest absolute Gasteiger partial charge is 0.481 e. The molecule has 1 aliphatic rings. The quantitative estimate of drug-likeness (QED) is 0.896. The predicted molar refractivity (Wildman–Crippen MR) is 73.3 cm³/mol. The first-order chi connectivity index (χ1) is 10.5. The lowest BCUT2D eigenvalue weighted by molar-refractivity contribution is -0.147. The van der Waals surface area contributed by atoms with Crippen LogP contribution in [0.2, 0.25) is 0 Å². The van der Waals surface area contributed by atoms with Crippen molar-refractivity contribution in [1.82, 2.24) is 4.90 Å². The van der Waals surface area contributed by atoms with E-state index in [4.69, 9.17) is 9.84 Å². The molecule has 1 aliphatic heterocycles. The van der Waals surface area contributed by atoms with E-state index in [1.165, 1.54) is 4.90 Å². The molecule has 0 saturated carbocycles. The molecule has 0 aliphatic carbocycles. The van der Waals surface area contributed by atoms with E-state index in [-0.39, 0.29) is 43.9 Å². The van der Waals surface area contributed by atoms with Crippen LogP contribution in [0.25, 0.3) is 0 Å². The minimum absolute atomic E-state index is 0.0418. The molecule has 7 heteroatoms. The van der Waals surface area contributed by atoms with Crippen molar-refractivity contribution >= 4 is 11.9 Å². The molecular weight excluding hydrogens is 296 g/mol. The first kappa shape index (κ1) is 16.4. The minimum atomic E-state index is -0.985. The highest BCUT2D eigenvalue weighted by molar-refractivity contribution is 5.76. The third-order valence-electron chi connectivity index (χ3n) is 3.51. The van der Waals surface area contributed by atoms with Gasteiger partial charge in [0, 0.05) is 19.5 Å². The van der Waals surface area contributed by atoms with Crippen molar-refractivity contribution < 1.29 is 28.2 Å². The standard InChI is InChI=1S/C15H17F2NO4/c16-11-2-3-13(17)10(7-11)1-4-14(19)18-5-6-22-12(9-18)8-15(20)21/h2-3,7,12H,1,4-6,8-9H2,(H,20,21)/t12-/m1/s1. The molecule has 1 aromatic rings. The predicted octanol–water partition coefficient (Wildman–Crippen LogP) is 1.60. The third-order valence-corrected chi connectivity index (χ3v) is 3.51. The van der Waals surface area contributed by atoms with E-state index in [0.29, 0.717) is 6.54 Å². The molecule has 1 saturated heterocycles. The van der Waals surface area contributed by atoms with E-state index < -0.39 is 23.7 Å². The summed E-state index contributed by atoms with van der Waals surface area (Å²) >= 11 is 0. The van der Waals surface area contributed by atoms with E-state index in [1.807, 2.05) is 0 Å². The maximum Gasteiger partial charge on any atom is 0.306 e. The summed E-state index contributed by atoms with van der Waals surface area (Å²) in [6, 6.07) is 3.14. The molecule has 0 aromatic heterocycles. The normalized spacial score (nSPS) is 18.3. The Kier molecular flexibility index (Phi) is 5.43. The van der Waals surface area contributed by atoms with Gasteiger partial charge < -0.3 is 14.7 Å². The second kappa shape index (κ2) is 7.31. The Morgan fingerprint density at radius 1 is 1.36 bits per heavy atom. The highest BCUT2D eigenvalue weighted by atomic mass is 19.1. The Labute approximate surface area is 126 Å². The van der Waals surface area contributed by atoms with E-state index in [0.717, 1.165) is 18.2 Å². The summed E-state index contributed by atoms with van der Waals surface area (Å²) in [5.41, 5.74) is 0.156. The molecule has 1 fully saturated rings. The first-order valence-electron chi connectivity index (χ1n) is 7.01. The molecule has 0 radical (unpaired) electrons. The monoisotopic (exact) mass is 313 g/mol. The summed E-state index contributed by atoms with van der Waals surface area (Å²) in [5, 5.41) is 8.74. The Hall–Kier alpha value is -2.02. The van der Waals surface area contributed by atoms with E-state index in [9.17, 15) is 18.4 Å². The zero-order chi connectivity index (χ0) is 16.1. The minimum Gasteiger partial charge on any atom is -0.481 e. The second-order valence-corrected chi connectivity index (χ2v) is 5.17. The van der Waals surface area contributed by atoms with Crippen molar-refractivity contribution in [2.45, 2.75) is 25.4 Å². The van der Waals surface area contributed by atoms with Gasteiger partial charge in [-0.05, 0) is 30.2 Å². The van der Waals surface area contributed by atoms with Crippen molar-refractivity contribution in [3.05, 3.63) is 35.4 Å². The van der Waals surface area contributed by atoms with Crippen LogP contribution >= 0.6 is 0 Å². The fourth-order valence-corrected chi connectivity index (χ4v) is 2.40. The van der Waals surface area contributed by atoms with Crippen molar-refractivity contribution in [1.29, 1.82) is 0 Å². The number of carboxylic acid groups (broad SMARTS) is 1. The van der Waals surface area contributed by atoms with Crippen LogP contribution in [0.4, 0.5) is 8.78 Å². The van der Waals surface area contributed by atoms with Gasteiger partial charge in [0.15, 0.2) is 0 Å². The van der Waals surface area contributed by atoms with Gasteiger partial charge in [-0.1, -0.05) is 0 Å². The molecule has 0 unspecified atom stereocenters. The number of amides is 1. The zero-order valence-electron chi connectivity index (χ0n) is 11.9. The highest BCUT2D eigenvalue weighted by Crippen LogP contribution is 2.14. The van der Waals surface area contributed by atoms with Crippen LogP contribution in [0.5, 0.6) is 0 Å². The van der Waals surface area contributed by atoms with Crippen LogP contribution < -0.4 is 0 Å². The Morgan fingerprint density at radius 3 is 2.86 bits per heavy atom. The molecule has 0 bridgehead atoms. The number of nitrogens with zero attached hydrogens (tertiary/aromatic N) is 1. The molecule has 1 atom stereocenters. The van der Waals surface area contributed by atoms with Gasteiger partial charge in [0.2, 0.25) is 5.91 Å². The average Bonchev–Trinajstić information content (AvgIpc) is 2.47. The van der Waals surface area contributed by atoms with Gasteiger partial charge in [-0.3, -0.25) is 9.59 Å². The van der Waals surface area contributed by atoms with Crippen molar-refractivity contribution in [3.63, 3.8) is 0 Å². The summed E-state index contributed by atoms with van der Waals surface area (Å²) in [6.45, 7) is 0.857. The molecule has 5 nitrogen and oxygen atoms in total. The SMILES string of the molecule is O=C(O)C[C@@H]1CN(C(=O)CCc2cc(F)ccc2F)CCO1. The maximum atomic E-state index is 13.5. The summed E-state index contributed by atoms with van der Waals surface area (Å²) in [4.78, 5) is 24.3. The first-order valence-corrected chi connectivity index (χ1v) is 7.01. The van der Waals surface area contributed by atoms with E-state index in [2.05, 4.69) is 0 Å². The fourth-order valence-electron chi connectivity index (χ4n) is 2.40. The number of carbonyl (C=O) groups is 2. The summed E-state index contributed by atoms with van der Waals surface area (Å²) in [7, 11) is 0. The summed E-state index contributed by atoms with van der Waals surface area (Å²) in [6.07, 6.45) is -0.549. The molecule has 120 valence electrons. The second-order valence-electron chi connectivity index (χ2n) is 5.17. The number of benzene rings is 1. The smallest absolute Gasteiger partial charge is 0.306 e. The van der Waals surface area contributed by atoms with Gasteiger partial charge in [0.25, 0.3) is 0 Å². The number of morpholine rings is 1. The van der Waals surface area contributed by atoms with E-state index >= 15 is 0 Å². The molecular formula is C15H17F2NO4. The summed E-state index contributed by atoms with van der Waals surface area (Å²) in [5.74, 6) is -2.29. The number of carbonyl (C=O) groups excluding carboxylic acids is 1. The lowest BCUT2D eigenvalue weighted by Crippen LogP contribution is -2.46. The Morgan fingerprint density at radius 2 is 2.14 bits per heavy atom. The van der Waals surface area contributed by atoms with Gasteiger partial charge in [-0.25, -0.2) is 8.78 Å². The third kappa shape index (κ3) is 4.49. The molecule has 1 amide bonds.